The second-order valence-electron chi connectivity index (χ2n) is 9.57. The summed E-state index contributed by atoms with van der Waals surface area (Å²) in [7, 11) is 1.55. The number of benzene rings is 2. The molecule has 0 spiro atoms. The van der Waals surface area contributed by atoms with E-state index in [1.807, 2.05) is 45.9 Å². The fourth-order valence-electron chi connectivity index (χ4n) is 4.65. The Kier molecular flexibility index (Phi) is 10.2. The van der Waals surface area contributed by atoms with E-state index in [1.165, 1.54) is 11.3 Å². The molecule has 0 radical (unpaired) electrons. The Morgan fingerprint density at radius 3 is 2.36 bits per heavy atom. The average Bonchev–Trinajstić information content (AvgIpc) is 3.24. The van der Waals surface area contributed by atoms with Crippen LogP contribution >= 0.6 is 27.3 Å². The minimum atomic E-state index is -0.785. The molecule has 9 nitrogen and oxygen atoms in total. The van der Waals surface area contributed by atoms with Crippen molar-refractivity contribution in [2.24, 2.45) is 4.99 Å². The monoisotopic (exact) mass is 658 g/mol. The van der Waals surface area contributed by atoms with Gasteiger partial charge in [-0.3, -0.25) is 9.36 Å². The highest BCUT2D eigenvalue weighted by molar-refractivity contribution is 9.10. The smallest absolute Gasteiger partial charge is 0.338 e. The Labute approximate surface area is 257 Å². The number of hydrogen-bond acceptors (Lipinski definition) is 9. The summed E-state index contributed by atoms with van der Waals surface area (Å²) in [5, 5.41) is 0. The van der Waals surface area contributed by atoms with Gasteiger partial charge in [0.25, 0.3) is 5.56 Å². The van der Waals surface area contributed by atoms with Crippen LogP contribution in [0.1, 0.15) is 58.7 Å². The van der Waals surface area contributed by atoms with Crippen LogP contribution in [0.25, 0.3) is 6.08 Å². The van der Waals surface area contributed by atoms with Gasteiger partial charge in [-0.15, -0.1) is 0 Å². The summed E-state index contributed by atoms with van der Waals surface area (Å²) in [6.07, 6.45) is 1.72. The highest BCUT2D eigenvalue weighted by Crippen LogP contribution is 2.37. The van der Waals surface area contributed by atoms with Crippen LogP contribution in [0.3, 0.4) is 0 Å². The van der Waals surface area contributed by atoms with Crippen LogP contribution in [0.15, 0.2) is 55.9 Å². The Morgan fingerprint density at radius 1 is 1.05 bits per heavy atom. The van der Waals surface area contributed by atoms with E-state index in [0.29, 0.717) is 56.8 Å². The highest BCUT2D eigenvalue weighted by Gasteiger charge is 2.34. The molecule has 11 heteroatoms. The molecule has 0 saturated heterocycles. The first-order valence-corrected chi connectivity index (χ1v) is 15.4. The second kappa shape index (κ2) is 13.6. The van der Waals surface area contributed by atoms with Crippen LogP contribution in [0.5, 0.6) is 23.0 Å². The summed E-state index contributed by atoms with van der Waals surface area (Å²) >= 11 is 4.85. The van der Waals surface area contributed by atoms with Crippen molar-refractivity contribution < 1.29 is 28.5 Å². The molecule has 4 rings (SSSR count). The van der Waals surface area contributed by atoms with E-state index in [2.05, 4.69) is 20.9 Å². The molecular weight excluding hydrogens is 624 g/mol. The van der Waals surface area contributed by atoms with Crippen molar-refractivity contribution in [3.05, 3.63) is 76.9 Å². The number of hydrogen-bond donors (Lipinski definition) is 0. The van der Waals surface area contributed by atoms with E-state index >= 15 is 0 Å². The van der Waals surface area contributed by atoms with Crippen molar-refractivity contribution in [3.8, 4) is 23.0 Å². The second-order valence-corrected chi connectivity index (χ2v) is 11.4. The third-order valence-electron chi connectivity index (χ3n) is 6.33. The molecule has 42 heavy (non-hydrogen) atoms. The lowest BCUT2D eigenvalue weighted by molar-refractivity contribution is -0.139. The van der Waals surface area contributed by atoms with Gasteiger partial charge in [0.15, 0.2) is 27.8 Å². The predicted molar refractivity (Wildman–Crippen MR) is 166 cm³/mol. The first-order chi connectivity index (χ1) is 20.1. The van der Waals surface area contributed by atoms with Crippen LogP contribution in [0, 0.1) is 0 Å². The van der Waals surface area contributed by atoms with Gasteiger partial charge in [0.05, 0.1) is 54.9 Å². The minimum Gasteiger partial charge on any atom is -0.493 e. The molecule has 3 aromatic rings. The zero-order valence-corrected chi connectivity index (χ0v) is 27.2. The van der Waals surface area contributed by atoms with Crippen LogP contribution in [-0.4, -0.2) is 43.6 Å². The molecule has 1 atom stereocenters. The SMILES string of the molecule is CCOC(=O)C1=C(C)N=c2s/c(=C\c3cc(OCC)c(OCC)cc3Br)c(=O)n2[C@H]1c1ccc(OC(C)C)c(OC)c1. The zero-order chi connectivity index (χ0) is 30.6. The summed E-state index contributed by atoms with van der Waals surface area (Å²) in [6, 6.07) is 8.28. The third kappa shape index (κ3) is 6.42. The molecule has 0 aliphatic carbocycles. The molecule has 1 aliphatic heterocycles. The third-order valence-corrected chi connectivity index (χ3v) is 8.00. The van der Waals surface area contributed by atoms with Crippen molar-refractivity contribution in [2.75, 3.05) is 26.9 Å². The lowest BCUT2D eigenvalue weighted by atomic mass is 9.95. The number of carbonyl (C=O) groups is 1. The molecule has 0 amide bonds. The zero-order valence-electron chi connectivity index (χ0n) is 24.8. The number of methoxy groups -OCH3 is 1. The fourth-order valence-corrected chi connectivity index (χ4v) is 6.13. The topological polar surface area (TPSA) is 97.6 Å². The maximum Gasteiger partial charge on any atom is 0.338 e. The first-order valence-electron chi connectivity index (χ1n) is 13.8. The molecule has 2 aromatic carbocycles. The Hall–Kier alpha value is -3.57. The van der Waals surface area contributed by atoms with Gasteiger partial charge in [-0.25, -0.2) is 9.79 Å². The quantitative estimate of drug-likeness (QED) is 0.263. The molecule has 2 heterocycles. The Balaban J connectivity index is 1.94. The van der Waals surface area contributed by atoms with Crippen molar-refractivity contribution in [1.29, 1.82) is 0 Å². The standard InChI is InChI=1S/C31H35BrN2O7S/c1-8-38-24-14-20(21(32)16-25(24)39-9-2)15-26-29(35)34-28(19-11-12-22(41-17(4)5)23(13-19)37-7)27(30(36)40-10-3)18(6)33-31(34)42-26/h11-17,28H,8-10H2,1-7H3/b26-15-/t28-/m0/s1. The van der Waals surface area contributed by atoms with Crippen LogP contribution in [-0.2, 0) is 9.53 Å². The molecular formula is C31H35BrN2O7S. The van der Waals surface area contributed by atoms with E-state index in [9.17, 15) is 9.59 Å². The number of allylic oxidation sites excluding steroid dienone is 1. The normalized spacial score (nSPS) is 14.9. The van der Waals surface area contributed by atoms with Crippen LogP contribution in [0.4, 0.5) is 0 Å². The maximum atomic E-state index is 14.1. The summed E-state index contributed by atoms with van der Waals surface area (Å²) in [6.45, 7) is 12.3. The van der Waals surface area contributed by atoms with Gasteiger partial charge < -0.3 is 23.7 Å². The average molecular weight is 660 g/mol. The van der Waals surface area contributed by atoms with E-state index in [4.69, 9.17) is 23.7 Å². The number of thiazole rings is 1. The van der Waals surface area contributed by atoms with E-state index in [-0.39, 0.29) is 23.8 Å². The molecule has 1 aromatic heterocycles. The van der Waals surface area contributed by atoms with Crippen LogP contribution in [0.2, 0.25) is 0 Å². The van der Waals surface area contributed by atoms with Crippen LogP contribution < -0.4 is 33.8 Å². The number of rotatable bonds is 11. The van der Waals surface area contributed by atoms with Gasteiger partial charge in [0, 0.05) is 4.47 Å². The molecule has 0 saturated carbocycles. The molecule has 1 aliphatic rings. The summed E-state index contributed by atoms with van der Waals surface area (Å²) in [5.74, 6) is 1.71. The van der Waals surface area contributed by atoms with E-state index < -0.39 is 12.0 Å². The molecule has 224 valence electrons. The lowest BCUT2D eigenvalue weighted by Gasteiger charge is -2.25. The predicted octanol–water partition coefficient (Wildman–Crippen LogP) is 5.15. The molecule has 0 N–H and O–H groups in total. The number of nitrogens with zero attached hydrogens (tertiary/aromatic N) is 2. The number of ether oxygens (including phenoxy) is 5. The molecule has 0 fully saturated rings. The van der Waals surface area contributed by atoms with Crippen molar-refractivity contribution in [1.82, 2.24) is 4.57 Å². The first kappa shape index (κ1) is 31.4. The van der Waals surface area contributed by atoms with Crippen molar-refractivity contribution in [3.63, 3.8) is 0 Å². The number of fused-ring (bicyclic) bond motifs is 1. The van der Waals surface area contributed by atoms with E-state index in [0.717, 1.165) is 10.0 Å². The van der Waals surface area contributed by atoms with Crippen molar-refractivity contribution >= 4 is 39.3 Å². The van der Waals surface area contributed by atoms with Gasteiger partial charge in [-0.05, 0) is 83.0 Å². The largest absolute Gasteiger partial charge is 0.493 e. The van der Waals surface area contributed by atoms with Gasteiger partial charge in [0.2, 0.25) is 0 Å². The number of esters is 1. The number of carbonyl (C=O) groups excluding carboxylic acids is 1. The van der Waals surface area contributed by atoms with E-state index in [1.54, 1.807) is 43.7 Å². The summed E-state index contributed by atoms with van der Waals surface area (Å²) in [5.41, 5.74) is 1.87. The molecule has 0 unspecified atom stereocenters. The highest BCUT2D eigenvalue weighted by atomic mass is 79.9. The summed E-state index contributed by atoms with van der Waals surface area (Å²) in [4.78, 5) is 32.5. The Morgan fingerprint density at radius 2 is 1.74 bits per heavy atom. The van der Waals surface area contributed by atoms with Gasteiger partial charge in [-0.2, -0.15) is 0 Å². The number of aromatic nitrogens is 1. The summed E-state index contributed by atoms with van der Waals surface area (Å²) < 4.78 is 31.2. The lowest BCUT2D eigenvalue weighted by Crippen LogP contribution is -2.40. The Bertz CT molecular complexity index is 1690. The van der Waals surface area contributed by atoms with Gasteiger partial charge >= 0.3 is 5.97 Å². The van der Waals surface area contributed by atoms with Gasteiger partial charge in [-0.1, -0.05) is 33.3 Å². The van der Waals surface area contributed by atoms with Crippen molar-refractivity contribution in [2.45, 2.75) is 53.7 Å². The van der Waals surface area contributed by atoms with Gasteiger partial charge in [0.1, 0.15) is 0 Å². The minimum absolute atomic E-state index is 0.0650. The molecule has 0 bridgehead atoms. The fraction of sp³-hybridized carbons (Fsp3) is 0.387. The number of halogens is 1. The maximum absolute atomic E-state index is 14.1.